The lowest BCUT2D eigenvalue weighted by atomic mass is 10.0. The molecule has 104 valence electrons. The van der Waals surface area contributed by atoms with E-state index in [1.165, 1.54) is 11.1 Å². The van der Waals surface area contributed by atoms with Gasteiger partial charge in [0.15, 0.2) is 0 Å². The van der Waals surface area contributed by atoms with Gasteiger partial charge in [0.05, 0.1) is 5.03 Å². The minimum atomic E-state index is 0.793. The lowest BCUT2D eigenvalue weighted by molar-refractivity contribution is 1.44. The van der Waals surface area contributed by atoms with E-state index in [0.29, 0.717) is 0 Å². The molecule has 21 heavy (non-hydrogen) atoms. The highest BCUT2D eigenvalue weighted by Crippen LogP contribution is 2.41. The molecule has 0 radical (unpaired) electrons. The second kappa shape index (κ2) is 6.76. The first-order chi connectivity index (χ1) is 10.4. The van der Waals surface area contributed by atoms with E-state index in [2.05, 4.69) is 46.4 Å². The van der Waals surface area contributed by atoms with Gasteiger partial charge in [-0.3, -0.25) is 0 Å². The van der Waals surface area contributed by atoms with Crippen LogP contribution in [0.5, 0.6) is 0 Å². The molecule has 1 aliphatic rings. The first-order valence-electron chi connectivity index (χ1n) is 6.59. The third kappa shape index (κ3) is 3.27. The molecule has 0 N–H and O–H groups in total. The van der Waals surface area contributed by atoms with Gasteiger partial charge >= 0.3 is 0 Å². The van der Waals surface area contributed by atoms with Crippen LogP contribution in [0.4, 0.5) is 0 Å². The highest BCUT2D eigenvalue weighted by atomic mass is 32.2. The predicted octanol–water partition coefficient (Wildman–Crippen LogP) is 5.77. The Labute approximate surface area is 132 Å². The fourth-order valence-corrected chi connectivity index (χ4v) is 4.40. The molecular weight excluding hydrogens is 298 g/mol. The normalized spacial score (nSPS) is 14.7. The highest BCUT2D eigenvalue weighted by Gasteiger charge is 2.14. The van der Waals surface area contributed by atoms with Crippen molar-refractivity contribution in [1.82, 2.24) is 0 Å². The zero-order valence-corrected chi connectivity index (χ0v) is 12.9. The summed E-state index contributed by atoms with van der Waals surface area (Å²) in [7, 11) is 0. The van der Waals surface area contributed by atoms with Crippen molar-refractivity contribution in [2.45, 2.75) is 0 Å². The van der Waals surface area contributed by atoms with Crippen molar-refractivity contribution < 1.29 is 0 Å². The Kier molecular flexibility index (Phi) is 4.55. The van der Waals surface area contributed by atoms with Crippen molar-refractivity contribution in [2.24, 2.45) is 5.11 Å². The Morgan fingerprint density at radius 3 is 2.14 bits per heavy atom. The molecular formula is C16H13N3S2. The van der Waals surface area contributed by atoms with Gasteiger partial charge in [0.2, 0.25) is 0 Å². The van der Waals surface area contributed by atoms with Crippen LogP contribution in [-0.4, -0.2) is 11.5 Å². The van der Waals surface area contributed by atoms with Gasteiger partial charge in [-0.25, -0.2) is 0 Å². The van der Waals surface area contributed by atoms with E-state index in [-0.39, 0.29) is 0 Å². The van der Waals surface area contributed by atoms with Gasteiger partial charge in [-0.1, -0.05) is 59.7 Å². The van der Waals surface area contributed by atoms with Crippen LogP contribution in [0.2, 0.25) is 0 Å². The summed E-state index contributed by atoms with van der Waals surface area (Å²) in [6.45, 7) is 0. The summed E-state index contributed by atoms with van der Waals surface area (Å²) >= 11 is 3.39. The Morgan fingerprint density at radius 2 is 1.43 bits per heavy atom. The highest BCUT2D eigenvalue weighted by molar-refractivity contribution is 8.13. The van der Waals surface area contributed by atoms with E-state index in [1.807, 2.05) is 18.2 Å². The van der Waals surface area contributed by atoms with Crippen molar-refractivity contribution in [3.63, 3.8) is 0 Å². The first-order valence-corrected chi connectivity index (χ1v) is 8.56. The van der Waals surface area contributed by atoms with Crippen molar-refractivity contribution in [1.29, 1.82) is 0 Å². The number of hydrogen-bond acceptors (Lipinski definition) is 3. The Morgan fingerprint density at radius 1 is 0.810 bits per heavy atom. The third-order valence-electron chi connectivity index (χ3n) is 3.15. The summed E-state index contributed by atoms with van der Waals surface area (Å²) in [6.07, 6.45) is 0. The SMILES string of the molecule is [N-]=[N+]=NC1=C(c2ccc(-c3ccccc3)cc2)SCCS1. The number of azide groups is 1. The molecule has 2 aromatic carbocycles. The molecule has 0 fully saturated rings. The molecule has 0 bridgehead atoms. The van der Waals surface area contributed by atoms with E-state index in [9.17, 15) is 0 Å². The van der Waals surface area contributed by atoms with Crippen molar-refractivity contribution >= 4 is 28.4 Å². The molecule has 3 rings (SSSR count). The third-order valence-corrected chi connectivity index (χ3v) is 5.63. The molecule has 0 aliphatic carbocycles. The van der Waals surface area contributed by atoms with Crippen LogP contribution in [0.3, 0.4) is 0 Å². The van der Waals surface area contributed by atoms with Gasteiger partial charge in [-0.15, -0.1) is 23.5 Å². The van der Waals surface area contributed by atoms with Crippen LogP contribution in [0.15, 0.2) is 64.7 Å². The second-order valence-electron chi connectivity index (χ2n) is 4.46. The Bertz CT molecular complexity index is 702. The van der Waals surface area contributed by atoms with Crippen molar-refractivity contribution in [3.8, 4) is 11.1 Å². The minimum absolute atomic E-state index is 0.793. The Balaban J connectivity index is 1.95. The Hall–Kier alpha value is -1.81. The number of hydrogen-bond donors (Lipinski definition) is 0. The van der Waals surface area contributed by atoms with E-state index in [4.69, 9.17) is 5.53 Å². The smallest absolute Gasteiger partial charge is 0.0848 e. The molecule has 3 nitrogen and oxygen atoms in total. The van der Waals surface area contributed by atoms with E-state index < -0.39 is 0 Å². The van der Waals surface area contributed by atoms with E-state index in [1.54, 1.807) is 23.5 Å². The maximum absolute atomic E-state index is 8.68. The van der Waals surface area contributed by atoms with E-state index >= 15 is 0 Å². The van der Waals surface area contributed by atoms with Crippen LogP contribution >= 0.6 is 23.5 Å². The molecule has 1 heterocycles. The summed E-state index contributed by atoms with van der Waals surface area (Å²) in [4.78, 5) is 4.02. The number of rotatable bonds is 3. The van der Waals surface area contributed by atoms with Crippen molar-refractivity contribution in [2.75, 3.05) is 11.5 Å². The summed E-state index contributed by atoms with van der Waals surface area (Å²) in [5, 5.41) is 4.62. The van der Waals surface area contributed by atoms with Crippen LogP contribution in [0, 0.1) is 0 Å². The quantitative estimate of drug-likeness (QED) is 0.410. The van der Waals surface area contributed by atoms with Crippen LogP contribution in [-0.2, 0) is 0 Å². The van der Waals surface area contributed by atoms with Gasteiger partial charge in [0.1, 0.15) is 0 Å². The van der Waals surface area contributed by atoms with Crippen LogP contribution in [0.25, 0.3) is 26.5 Å². The van der Waals surface area contributed by atoms with Crippen LogP contribution in [0.1, 0.15) is 5.56 Å². The average molecular weight is 311 g/mol. The maximum Gasteiger partial charge on any atom is 0.0848 e. The lowest BCUT2D eigenvalue weighted by Gasteiger charge is -2.16. The molecule has 0 amide bonds. The lowest BCUT2D eigenvalue weighted by Crippen LogP contribution is -1.95. The minimum Gasteiger partial charge on any atom is -0.124 e. The predicted molar refractivity (Wildman–Crippen MR) is 92.9 cm³/mol. The van der Waals surface area contributed by atoms with Crippen molar-refractivity contribution in [3.05, 3.63) is 75.6 Å². The maximum atomic E-state index is 8.68. The summed E-state index contributed by atoms with van der Waals surface area (Å²) < 4.78 is 0. The van der Waals surface area contributed by atoms with Gasteiger partial charge in [-0.05, 0) is 22.2 Å². The molecule has 0 atom stereocenters. The van der Waals surface area contributed by atoms with Gasteiger partial charge < -0.3 is 0 Å². The summed E-state index contributed by atoms with van der Waals surface area (Å²) in [5.74, 6) is 2.04. The molecule has 0 saturated heterocycles. The largest absolute Gasteiger partial charge is 0.124 e. The molecule has 1 aliphatic heterocycles. The molecule has 0 unspecified atom stereocenters. The average Bonchev–Trinajstić information content (AvgIpc) is 2.57. The monoisotopic (exact) mass is 311 g/mol. The van der Waals surface area contributed by atoms with E-state index in [0.717, 1.165) is 27.0 Å². The zero-order valence-electron chi connectivity index (χ0n) is 11.3. The zero-order chi connectivity index (χ0) is 14.5. The van der Waals surface area contributed by atoms with Gasteiger partial charge in [-0.2, -0.15) is 0 Å². The molecule has 5 heteroatoms. The first kappa shape index (κ1) is 14.1. The standard InChI is InChI=1S/C16H13N3S2/c17-19-18-16-15(20-10-11-21-16)14-8-6-13(7-9-14)12-4-2-1-3-5-12/h1-9H,10-11H2. The molecule has 0 spiro atoms. The topological polar surface area (TPSA) is 48.8 Å². The van der Waals surface area contributed by atoms with Gasteiger partial charge in [0, 0.05) is 21.3 Å². The second-order valence-corrected chi connectivity index (χ2v) is 6.65. The molecule has 2 aromatic rings. The molecule has 0 aromatic heterocycles. The van der Waals surface area contributed by atoms with Gasteiger partial charge in [0.25, 0.3) is 0 Å². The van der Waals surface area contributed by atoms with Crippen LogP contribution < -0.4 is 0 Å². The summed E-state index contributed by atoms with van der Waals surface area (Å²) in [5.41, 5.74) is 12.2. The fraction of sp³-hybridized carbons (Fsp3) is 0.125. The fourth-order valence-electron chi connectivity index (χ4n) is 2.18. The number of benzene rings is 2. The number of nitrogens with zero attached hydrogens (tertiary/aromatic N) is 3. The summed E-state index contributed by atoms with van der Waals surface area (Å²) in [6, 6.07) is 18.7. The number of thioether (sulfide) groups is 2. The molecule has 0 saturated carbocycles.